The van der Waals surface area contributed by atoms with E-state index in [1.54, 1.807) is 0 Å². The highest BCUT2D eigenvalue weighted by Gasteiger charge is 2.42. The van der Waals surface area contributed by atoms with Gasteiger partial charge in [0.2, 0.25) is 0 Å². The highest BCUT2D eigenvalue weighted by Crippen LogP contribution is 2.31. The Balaban J connectivity index is 1.86. The molecule has 1 aliphatic rings. The molecular weight excluding hydrogens is 331 g/mol. The summed E-state index contributed by atoms with van der Waals surface area (Å²) in [5.41, 5.74) is 7.60. The van der Waals surface area contributed by atoms with Crippen LogP contribution in [0.15, 0.2) is 24.3 Å². The van der Waals surface area contributed by atoms with E-state index in [1.165, 1.54) is 11.1 Å². The second kappa shape index (κ2) is 9.51. The van der Waals surface area contributed by atoms with E-state index in [0.29, 0.717) is 19.3 Å². The van der Waals surface area contributed by atoms with Crippen LogP contribution in [0.25, 0.3) is 0 Å². The number of piperidine rings is 1. The number of aliphatic carboxylic acids is 1. The fraction of sp³-hybridized carbons (Fsp3) is 0.632. The van der Waals surface area contributed by atoms with Crippen molar-refractivity contribution in [3.05, 3.63) is 35.4 Å². The second-order valence-corrected chi connectivity index (χ2v) is 7.61. The van der Waals surface area contributed by atoms with Crippen LogP contribution >= 0.6 is 0 Å². The van der Waals surface area contributed by atoms with Gasteiger partial charge in [-0.2, -0.15) is 0 Å². The van der Waals surface area contributed by atoms with Crippen molar-refractivity contribution in [2.24, 2.45) is 11.7 Å². The van der Waals surface area contributed by atoms with Crippen molar-refractivity contribution in [3.8, 4) is 0 Å². The number of nitrogens with two attached hydrogens (primary N) is 1. The lowest BCUT2D eigenvalue weighted by atomic mass is 9.74. The minimum absolute atomic E-state index is 0.0479. The van der Waals surface area contributed by atoms with Crippen LogP contribution in [0.5, 0.6) is 0 Å². The lowest BCUT2D eigenvalue weighted by Gasteiger charge is -2.40. The van der Waals surface area contributed by atoms with Crippen LogP contribution in [-0.2, 0) is 11.3 Å². The molecule has 0 spiro atoms. The Labute approximate surface area is 156 Å². The molecule has 1 saturated heterocycles. The first kappa shape index (κ1) is 20.9. The maximum absolute atomic E-state index is 11.8. The molecular formula is C19H31BN2O4. The molecule has 0 amide bonds. The zero-order valence-electron chi connectivity index (χ0n) is 15.6. The van der Waals surface area contributed by atoms with Gasteiger partial charge in [-0.25, -0.2) is 0 Å². The number of benzene rings is 1. The SMILES string of the molecule is Cc1ccc(CN2CCC(C(N)(CCCCB(O)O)C(=O)O)CC2)cc1. The third-order valence-electron chi connectivity index (χ3n) is 5.54. The summed E-state index contributed by atoms with van der Waals surface area (Å²) in [6.07, 6.45) is 3.33. The van der Waals surface area contributed by atoms with Gasteiger partial charge in [-0.15, -0.1) is 0 Å². The number of carboxylic acid groups (broad SMARTS) is 1. The molecule has 5 N–H and O–H groups in total. The molecule has 1 aromatic rings. The monoisotopic (exact) mass is 362 g/mol. The Morgan fingerprint density at radius 2 is 1.85 bits per heavy atom. The van der Waals surface area contributed by atoms with Gasteiger partial charge in [-0.05, 0) is 57.1 Å². The predicted molar refractivity (Wildman–Crippen MR) is 103 cm³/mol. The van der Waals surface area contributed by atoms with Crippen LogP contribution in [0.2, 0.25) is 6.32 Å². The van der Waals surface area contributed by atoms with E-state index in [4.69, 9.17) is 15.8 Å². The average molecular weight is 362 g/mol. The van der Waals surface area contributed by atoms with Crippen molar-refractivity contribution in [3.63, 3.8) is 0 Å². The minimum atomic E-state index is -1.34. The van der Waals surface area contributed by atoms with Crippen molar-refractivity contribution in [2.45, 2.75) is 57.4 Å². The van der Waals surface area contributed by atoms with E-state index >= 15 is 0 Å². The van der Waals surface area contributed by atoms with Crippen molar-refractivity contribution >= 4 is 13.1 Å². The fourth-order valence-corrected chi connectivity index (χ4v) is 3.79. The molecule has 6 nitrogen and oxygen atoms in total. The number of carboxylic acids is 1. The predicted octanol–water partition coefficient (Wildman–Crippen LogP) is 1.63. The normalized spacial score (nSPS) is 18.5. The minimum Gasteiger partial charge on any atom is -0.480 e. The summed E-state index contributed by atoms with van der Waals surface area (Å²) in [7, 11) is -1.34. The number of aryl methyl sites for hydroxylation is 1. The van der Waals surface area contributed by atoms with Gasteiger partial charge in [0.25, 0.3) is 0 Å². The molecule has 144 valence electrons. The molecule has 1 aromatic carbocycles. The summed E-state index contributed by atoms with van der Waals surface area (Å²) in [5, 5.41) is 27.5. The van der Waals surface area contributed by atoms with Gasteiger partial charge >= 0.3 is 13.1 Å². The summed E-state index contributed by atoms with van der Waals surface area (Å²) in [4.78, 5) is 14.2. The highest BCUT2D eigenvalue weighted by molar-refractivity contribution is 6.40. The zero-order chi connectivity index (χ0) is 19.2. The van der Waals surface area contributed by atoms with E-state index in [9.17, 15) is 9.90 Å². The van der Waals surface area contributed by atoms with Gasteiger partial charge in [0.05, 0.1) is 0 Å². The molecule has 0 aromatic heterocycles. The molecule has 26 heavy (non-hydrogen) atoms. The molecule has 1 unspecified atom stereocenters. The third-order valence-corrected chi connectivity index (χ3v) is 5.54. The number of likely N-dealkylation sites (tertiary alicyclic amines) is 1. The van der Waals surface area contributed by atoms with Crippen molar-refractivity contribution in [2.75, 3.05) is 13.1 Å². The van der Waals surface area contributed by atoms with E-state index in [1.807, 2.05) is 0 Å². The Morgan fingerprint density at radius 1 is 1.23 bits per heavy atom. The molecule has 0 aliphatic carbocycles. The van der Waals surface area contributed by atoms with Crippen LogP contribution in [0, 0.1) is 12.8 Å². The molecule has 1 heterocycles. The number of nitrogens with zero attached hydrogens (tertiary/aromatic N) is 1. The summed E-state index contributed by atoms with van der Waals surface area (Å²) in [6, 6.07) is 8.50. The number of hydrogen-bond donors (Lipinski definition) is 4. The van der Waals surface area contributed by atoms with Crippen LogP contribution in [-0.4, -0.2) is 51.8 Å². The summed E-state index contributed by atoms with van der Waals surface area (Å²) in [5.74, 6) is -0.993. The van der Waals surface area contributed by atoms with E-state index in [0.717, 1.165) is 32.5 Å². The third kappa shape index (κ3) is 5.81. The van der Waals surface area contributed by atoms with Crippen molar-refractivity contribution < 1.29 is 19.9 Å². The first-order valence-corrected chi connectivity index (χ1v) is 9.47. The molecule has 0 radical (unpaired) electrons. The van der Waals surface area contributed by atoms with E-state index in [-0.39, 0.29) is 12.2 Å². The highest BCUT2D eigenvalue weighted by atomic mass is 16.4. The smallest absolute Gasteiger partial charge is 0.451 e. The van der Waals surface area contributed by atoms with Crippen LogP contribution < -0.4 is 5.73 Å². The van der Waals surface area contributed by atoms with Crippen LogP contribution in [0.3, 0.4) is 0 Å². The van der Waals surface area contributed by atoms with Gasteiger partial charge in [0.1, 0.15) is 5.54 Å². The first-order valence-electron chi connectivity index (χ1n) is 9.47. The number of unbranched alkanes of at least 4 members (excludes halogenated alkanes) is 1. The van der Waals surface area contributed by atoms with Gasteiger partial charge in [-0.3, -0.25) is 9.69 Å². The Bertz CT molecular complexity index is 573. The van der Waals surface area contributed by atoms with Gasteiger partial charge in [0, 0.05) is 6.54 Å². The maximum Gasteiger partial charge on any atom is 0.451 e. The maximum atomic E-state index is 11.8. The zero-order valence-corrected chi connectivity index (χ0v) is 15.6. The number of carbonyl (C=O) groups is 1. The quantitative estimate of drug-likeness (QED) is 0.393. The summed E-state index contributed by atoms with van der Waals surface area (Å²) < 4.78 is 0. The lowest BCUT2D eigenvalue weighted by molar-refractivity contribution is -0.147. The van der Waals surface area contributed by atoms with E-state index in [2.05, 4.69) is 36.1 Å². The van der Waals surface area contributed by atoms with Crippen molar-refractivity contribution in [1.29, 1.82) is 0 Å². The average Bonchev–Trinajstić information content (AvgIpc) is 2.61. The van der Waals surface area contributed by atoms with Crippen LogP contribution in [0.4, 0.5) is 0 Å². The molecule has 0 saturated carbocycles. The molecule has 2 rings (SSSR count). The molecule has 7 heteroatoms. The van der Waals surface area contributed by atoms with Crippen molar-refractivity contribution in [1.82, 2.24) is 4.90 Å². The van der Waals surface area contributed by atoms with E-state index < -0.39 is 18.6 Å². The standard InChI is InChI=1S/C19H31BN2O4/c1-15-4-6-16(7-5-15)14-22-12-8-17(9-13-22)19(21,18(23)24)10-2-3-11-20(25)26/h4-7,17,25-26H,2-3,8-14,21H2,1H3,(H,23,24). The lowest BCUT2D eigenvalue weighted by Crippen LogP contribution is -2.56. The number of hydrogen-bond acceptors (Lipinski definition) is 5. The second-order valence-electron chi connectivity index (χ2n) is 7.61. The summed E-state index contributed by atoms with van der Waals surface area (Å²) >= 11 is 0. The topological polar surface area (TPSA) is 107 Å². The van der Waals surface area contributed by atoms with Gasteiger partial charge < -0.3 is 20.9 Å². The number of rotatable bonds is 9. The van der Waals surface area contributed by atoms with Crippen LogP contribution in [0.1, 0.15) is 43.2 Å². The molecule has 1 atom stereocenters. The summed E-state index contributed by atoms with van der Waals surface area (Å²) in [6.45, 7) is 4.65. The fourth-order valence-electron chi connectivity index (χ4n) is 3.79. The Hall–Kier alpha value is -1.41. The Kier molecular flexibility index (Phi) is 7.64. The van der Waals surface area contributed by atoms with Gasteiger partial charge in [0.15, 0.2) is 0 Å². The van der Waals surface area contributed by atoms with Gasteiger partial charge in [-0.1, -0.05) is 42.7 Å². The first-order chi connectivity index (χ1) is 12.3. The largest absolute Gasteiger partial charge is 0.480 e. The Morgan fingerprint density at radius 3 is 2.38 bits per heavy atom. The molecule has 0 bridgehead atoms. The molecule has 1 aliphatic heterocycles. The molecule has 1 fully saturated rings.